The Hall–Kier alpha value is -0.790. The van der Waals surface area contributed by atoms with E-state index in [1.165, 1.54) is 6.08 Å². The Morgan fingerprint density at radius 3 is 2.20 bits per heavy atom. The van der Waals surface area contributed by atoms with E-state index in [0.717, 1.165) is 5.57 Å². The van der Waals surface area contributed by atoms with Crippen LogP contribution in [0.5, 0.6) is 0 Å². The molecule has 0 amide bonds. The highest BCUT2D eigenvalue weighted by Gasteiger charge is 1.99. The molecule has 0 bridgehead atoms. The number of hydrogen-bond acceptors (Lipinski definition) is 2. The van der Waals surface area contributed by atoms with Crippen molar-refractivity contribution in [3.8, 4) is 0 Å². The van der Waals surface area contributed by atoms with Gasteiger partial charge in [0.2, 0.25) is 0 Å². The second-order valence-electron chi connectivity index (χ2n) is 2.71. The predicted molar refractivity (Wildman–Crippen MR) is 40.7 cm³/mol. The molecule has 2 heteroatoms. The van der Waals surface area contributed by atoms with Crippen molar-refractivity contribution in [1.82, 2.24) is 0 Å². The van der Waals surface area contributed by atoms with Gasteiger partial charge in [0.05, 0.1) is 6.10 Å². The number of hydrogen-bond donors (Lipinski definition) is 0. The third-order valence-electron chi connectivity index (χ3n) is 0.758. The van der Waals surface area contributed by atoms with Crippen molar-refractivity contribution in [3.05, 3.63) is 11.6 Å². The van der Waals surface area contributed by atoms with Gasteiger partial charge in [0.1, 0.15) is 0 Å². The van der Waals surface area contributed by atoms with E-state index in [-0.39, 0.29) is 12.1 Å². The van der Waals surface area contributed by atoms with Crippen LogP contribution in [0, 0.1) is 0 Å². The Balaban J connectivity index is 3.76. The summed E-state index contributed by atoms with van der Waals surface area (Å²) in [5.74, 6) is -0.255. The fraction of sp³-hybridized carbons (Fsp3) is 0.625. The minimum atomic E-state index is -0.255. The Kier molecular flexibility index (Phi) is 3.77. The maximum Gasteiger partial charge on any atom is 0.330 e. The summed E-state index contributed by atoms with van der Waals surface area (Å²) in [6.07, 6.45) is 1.46. The third-order valence-corrected chi connectivity index (χ3v) is 0.758. The largest absolute Gasteiger partial charge is 0.460 e. The van der Waals surface area contributed by atoms with E-state index in [0.29, 0.717) is 0 Å². The lowest BCUT2D eigenvalue weighted by atomic mass is 10.3. The molecule has 0 aromatic heterocycles. The molecule has 58 valence electrons. The van der Waals surface area contributed by atoms with Crippen molar-refractivity contribution in [2.75, 3.05) is 0 Å². The van der Waals surface area contributed by atoms with E-state index in [1.807, 2.05) is 27.7 Å². The van der Waals surface area contributed by atoms with E-state index >= 15 is 0 Å². The molecule has 0 heterocycles. The lowest BCUT2D eigenvalue weighted by molar-refractivity contribution is -0.141. The molecule has 0 saturated carbocycles. The summed E-state index contributed by atoms with van der Waals surface area (Å²) in [5, 5.41) is 0. The molecule has 10 heavy (non-hydrogen) atoms. The summed E-state index contributed by atoms with van der Waals surface area (Å²) in [4.78, 5) is 10.8. The zero-order valence-corrected chi connectivity index (χ0v) is 6.97. The van der Waals surface area contributed by atoms with Gasteiger partial charge in [-0.25, -0.2) is 4.79 Å². The number of rotatable bonds is 2. The van der Waals surface area contributed by atoms with Gasteiger partial charge in [0, 0.05) is 6.08 Å². The van der Waals surface area contributed by atoms with E-state index < -0.39 is 0 Å². The fourth-order valence-electron chi connectivity index (χ4n) is 0.502. The SMILES string of the molecule is CC(C)=CC(=O)OC(C)C. The van der Waals surface area contributed by atoms with Gasteiger partial charge in [-0.3, -0.25) is 0 Å². The number of ether oxygens (including phenoxy) is 1. The van der Waals surface area contributed by atoms with Crippen LogP contribution < -0.4 is 0 Å². The average molecular weight is 142 g/mol. The number of carbonyl (C=O) groups excluding carboxylic acids is 1. The maximum atomic E-state index is 10.8. The monoisotopic (exact) mass is 142 g/mol. The number of carbonyl (C=O) groups is 1. The molecule has 0 unspecified atom stereocenters. The van der Waals surface area contributed by atoms with Crippen LogP contribution in [0.3, 0.4) is 0 Å². The van der Waals surface area contributed by atoms with Gasteiger partial charge in [0.25, 0.3) is 0 Å². The summed E-state index contributed by atoms with van der Waals surface area (Å²) in [6.45, 7) is 7.39. The molecule has 2 nitrogen and oxygen atoms in total. The van der Waals surface area contributed by atoms with Gasteiger partial charge in [-0.1, -0.05) is 5.57 Å². The Morgan fingerprint density at radius 2 is 1.90 bits per heavy atom. The topological polar surface area (TPSA) is 26.3 Å². The minimum Gasteiger partial charge on any atom is -0.460 e. The van der Waals surface area contributed by atoms with Crippen LogP contribution in [0.4, 0.5) is 0 Å². The molecule has 0 saturated heterocycles. The Labute approximate surface area is 61.9 Å². The van der Waals surface area contributed by atoms with Crippen molar-refractivity contribution >= 4 is 5.97 Å². The maximum absolute atomic E-state index is 10.8. The van der Waals surface area contributed by atoms with Crippen LogP contribution in [-0.4, -0.2) is 12.1 Å². The number of esters is 1. The highest BCUT2D eigenvalue weighted by atomic mass is 16.5. The highest BCUT2D eigenvalue weighted by Crippen LogP contribution is 1.94. The molecule has 0 atom stereocenters. The lowest BCUT2D eigenvalue weighted by Gasteiger charge is -2.03. The zero-order valence-electron chi connectivity index (χ0n) is 6.97. The standard InChI is InChI=1S/C8H14O2/c1-6(2)5-8(9)10-7(3)4/h5,7H,1-4H3. The van der Waals surface area contributed by atoms with E-state index in [1.54, 1.807) is 0 Å². The summed E-state index contributed by atoms with van der Waals surface area (Å²) < 4.78 is 4.85. The molecule has 0 N–H and O–H groups in total. The first-order chi connectivity index (χ1) is 4.52. The normalized spacial score (nSPS) is 9.30. The first kappa shape index (κ1) is 9.21. The van der Waals surface area contributed by atoms with Gasteiger partial charge < -0.3 is 4.74 Å². The molecule has 0 aromatic rings. The second kappa shape index (κ2) is 4.09. The molecule has 0 aliphatic heterocycles. The van der Waals surface area contributed by atoms with Crippen molar-refractivity contribution < 1.29 is 9.53 Å². The minimum absolute atomic E-state index is 0.0249. The van der Waals surface area contributed by atoms with E-state index in [9.17, 15) is 4.79 Å². The summed E-state index contributed by atoms with van der Waals surface area (Å²) in [5.41, 5.74) is 0.964. The summed E-state index contributed by atoms with van der Waals surface area (Å²) in [7, 11) is 0. The van der Waals surface area contributed by atoms with Crippen LogP contribution >= 0.6 is 0 Å². The van der Waals surface area contributed by atoms with Gasteiger partial charge in [-0.05, 0) is 27.7 Å². The van der Waals surface area contributed by atoms with Crippen molar-refractivity contribution in [2.45, 2.75) is 33.8 Å². The average Bonchev–Trinajstić information content (AvgIpc) is 1.58. The van der Waals surface area contributed by atoms with Crippen LogP contribution in [0.25, 0.3) is 0 Å². The molecule has 0 spiro atoms. The Bertz CT molecular complexity index is 141. The first-order valence-electron chi connectivity index (χ1n) is 3.38. The van der Waals surface area contributed by atoms with Crippen molar-refractivity contribution in [1.29, 1.82) is 0 Å². The second-order valence-corrected chi connectivity index (χ2v) is 2.71. The molecule has 0 fully saturated rings. The molecular formula is C8H14O2. The van der Waals surface area contributed by atoms with Crippen LogP contribution in [-0.2, 0) is 9.53 Å². The third kappa shape index (κ3) is 5.35. The molecule has 0 aromatic carbocycles. The van der Waals surface area contributed by atoms with Gasteiger partial charge in [-0.15, -0.1) is 0 Å². The fourth-order valence-corrected chi connectivity index (χ4v) is 0.502. The van der Waals surface area contributed by atoms with E-state index in [4.69, 9.17) is 4.74 Å². The van der Waals surface area contributed by atoms with Crippen molar-refractivity contribution in [3.63, 3.8) is 0 Å². The Morgan fingerprint density at radius 1 is 1.40 bits per heavy atom. The van der Waals surface area contributed by atoms with Crippen LogP contribution in [0.1, 0.15) is 27.7 Å². The van der Waals surface area contributed by atoms with Crippen LogP contribution in [0.15, 0.2) is 11.6 Å². The van der Waals surface area contributed by atoms with Gasteiger partial charge in [-0.2, -0.15) is 0 Å². The van der Waals surface area contributed by atoms with E-state index in [2.05, 4.69) is 0 Å². The molecular weight excluding hydrogens is 128 g/mol. The molecule has 0 aliphatic rings. The molecule has 0 rings (SSSR count). The molecule has 0 aliphatic carbocycles. The predicted octanol–water partition coefficient (Wildman–Crippen LogP) is 1.90. The summed E-state index contributed by atoms with van der Waals surface area (Å²) in [6, 6.07) is 0. The van der Waals surface area contributed by atoms with Crippen molar-refractivity contribution in [2.24, 2.45) is 0 Å². The highest BCUT2D eigenvalue weighted by molar-refractivity contribution is 5.82. The van der Waals surface area contributed by atoms with Gasteiger partial charge >= 0.3 is 5.97 Å². The molecule has 0 radical (unpaired) electrons. The number of allylic oxidation sites excluding steroid dienone is 1. The lowest BCUT2D eigenvalue weighted by Crippen LogP contribution is -2.08. The summed E-state index contributed by atoms with van der Waals surface area (Å²) >= 11 is 0. The quantitative estimate of drug-likeness (QED) is 0.435. The zero-order chi connectivity index (χ0) is 8.15. The smallest absolute Gasteiger partial charge is 0.330 e. The van der Waals surface area contributed by atoms with Crippen LogP contribution in [0.2, 0.25) is 0 Å². The van der Waals surface area contributed by atoms with Gasteiger partial charge in [0.15, 0.2) is 0 Å². The first-order valence-corrected chi connectivity index (χ1v) is 3.38.